The molecule has 3 rings (SSSR count). The van der Waals surface area contributed by atoms with Crippen LogP contribution in [0.25, 0.3) is 6.08 Å². The number of hydrogen-bond acceptors (Lipinski definition) is 4. The number of carbonyl (C=O) groups excluding carboxylic acids is 1. The molecule has 0 saturated carbocycles. The molecule has 0 radical (unpaired) electrons. The molecule has 0 atom stereocenters. The van der Waals surface area contributed by atoms with Gasteiger partial charge in [-0.3, -0.25) is 4.79 Å². The second-order valence-corrected chi connectivity index (χ2v) is 9.85. The summed E-state index contributed by atoms with van der Waals surface area (Å²) >= 11 is 6.15. The lowest BCUT2D eigenvalue weighted by molar-refractivity contribution is -0.111. The molecule has 1 amide bonds. The zero-order chi connectivity index (χ0) is 24.7. The van der Waals surface area contributed by atoms with E-state index in [0.717, 1.165) is 5.56 Å². The predicted molar refractivity (Wildman–Crippen MR) is 137 cm³/mol. The van der Waals surface area contributed by atoms with Gasteiger partial charge in [-0.15, -0.1) is 0 Å². The van der Waals surface area contributed by atoms with Gasteiger partial charge in [0, 0.05) is 24.2 Å². The fourth-order valence-electron chi connectivity index (χ4n) is 3.25. The second kappa shape index (κ2) is 11.3. The molecular formula is C26H27ClN2O4S. The van der Waals surface area contributed by atoms with Crippen LogP contribution >= 0.6 is 11.6 Å². The van der Waals surface area contributed by atoms with Crippen molar-refractivity contribution in [3.05, 3.63) is 89.0 Å². The number of aryl methyl sites for hydroxylation is 1. The minimum Gasteiger partial charge on any atom is -0.455 e. The first-order valence-corrected chi connectivity index (χ1v) is 12.7. The highest BCUT2D eigenvalue weighted by Gasteiger charge is 2.23. The van der Waals surface area contributed by atoms with Crippen molar-refractivity contribution in [2.75, 3.05) is 18.4 Å². The molecule has 3 aromatic rings. The largest absolute Gasteiger partial charge is 0.455 e. The number of anilines is 1. The first kappa shape index (κ1) is 25.5. The number of benzene rings is 3. The molecule has 0 spiro atoms. The van der Waals surface area contributed by atoms with Crippen molar-refractivity contribution >= 4 is 39.3 Å². The average molecular weight is 499 g/mol. The summed E-state index contributed by atoms with van der Waals surface area (Å²) < 4.78 is 33.4. The smallest absolute Gasteiger partial charge is 0.248 e. The van der Waals surface area contributed by atoms with Crippen LogP contribution in [-0.4, -0.2) is 31.7 Å². The highest BCUT2D eigenvalue weighted by molar-refractivity contribution is 7.89. The van der Waals surface area contributed by atoms with E-state index >= 15 is 0 Å². The number of hydrogen-bond donors (Lipinski definition) is 1. The number of nitrogens with one attached hydrogen (secondary N) is 1. The summed E-state index contributed by atoms with van der Waals surface area (Å²) in [6, 6.07) is 19.0. The first-order valence-electron chi connectivity index (χ1n) is 10.9. The summed E-state index contributed by atoms with van der Waals surface area (Å²) in [7, 11) is -3.72. The molecule has 8 heteroatoms. The van der Waals surface area contributed by atoms with Crippen LogP contribution in [0.1, 0.15) is 25.0 Å². The zero-order valence-corrected chi connectivity index (χ0v) is 20.9. The quantitative estimate of drug-likeness (QED) is 0.360. The Morgan fingerprint density at radius 3 is 2.35 bits per heavy atom. The Hall–Kier alpha value is -3.13. The van der Waals surface area contributed by atoms with Gasteiger partial charge in [-0.05, 0) is 55.0 Å². The lowest BCUT2D eigenvalue weighted by Crippen LogP contribution is -2.30. The van der Waals surface area contributed by atoms with E-state index in [0.29, 0.717) is 35.2 Å². The molecule has 0 saturated heterocycles. The van der Waals surface area contributed by atoms with E-state index in [2.05, 4.69) is 5.32 Å². The Labute approximate surface area is 205 Å². The molecule has 34 heavy (non-hydrogen) atoms. The summed E-state index contributed by atoms with van der Waals surface area (Å²) in [5.41, 5.74) is 2.00. The predicted octanol–water partition coefficient (Wildman–Crippen LogP) is 6.12. The fraction of sp³-hybridized carbons (Fsp3) is 0.192. The lowest BCUT2D eigenvalue weighted by Gasteiger charge is -2.20. The summed E-state index contributed by atoms with van der Waals surface area (Å²) in [6.45, 7) is 6.19. The molecule has 0 bridgehead atoms. The van der Waals surface area contributed by atoms with Crippen molar-refractivity contribution < 1.29 is 17.9 Å². The van der Waals surface area contributed by atoms with Gasteiger partial charge in [-0.25, -0.2) is 8.42 Å². The van der Waals surface area contributed by atoms with E-state index in [1.165, 1.54) is 22.5 Å². The SMILES string of the molecule is CCN(CC)S(=O)(=O)c1ccc(Oc2ccc(C)cc2)c(NC(=O)C=Cc2ccccc2Cl)c1. The molecule has 1 N–H and O–H groups in total. The molecular weight excluding hydrogens is 472 g/mol. The van der Waals surface area contributed by atoms with E-state index in [1.807, 2.05) is 25.1 Å². The number of rotatable bonds is 9. The van der Waals surface area contributed by atoms with Crippen LogP contribution in [-0.2, 0) is 14.8 Å². The maximum atomic E-state index is 13.0. The molecule has 0 fully saturated rings. The van der Waals surface area contributed by atoms with Crippen LogP contribution in [0.5, 0.6) is 11.5 Å². The van der Waals surface area contributed by atoms with Gasteiger partial charge in [0.1, 0.15) is 5.75 Å². The van der Waals surface area contributed by atoms with E-state index in [9.17, 15) is 13.2 Å². The van der Waals surface area contributed by atoms with Crippen LogP contribution < -0.4 is 10.1 Å². The average Bonchev–Trinajstić information content (AvgIpc) is 2.81. The van der Waals surface area contributed by atoms with Gasteiger partial charge in [0.2, 0.25) is 15.9 Å². The minimum absolute atomic E-state index is 0.0674. The Balaban J connectivity index is 1.95. The molecule has 0 aliphatic carbocycles. The fourth-order valence-corrected chi connectivity index (χ4v) is 4.94. The number of amides is 1. The third kappa shape index (κ3) is 6.26. The standard InChI is InChI=1S/C26H27ClN2O4S/c1-4-29(5-2)34(31,32)22-15-16-25(33-21-13-10-19(3)11-14-21)24(18-22)28-26(30)17-12-20-8-6-7-9-23(20)27/h6-18H,4-5H2,1-3H3,(H,28,30). The number of halogens is 1. The molecule has 178 valence electrons. The monoisotopic (exact) mass is 498 g/mol. The van der Waals surface area contributed by atoms with Gasteiger partial charge in [0.05, 0.1) is 10.6 Å². The normalized spacial score (nSPS) is 11.7. The third-order valence-corrected chi connectivity index (χ3v) is 7.51. The summed E-state index contributed by atoms with van der Waals surface area (Å²) in [5, 5.41) is 3.26. The van der Waals surface area contributed by atoms with Crippen molar-refractivity contribution in [3.63, 3.8) is 0 Å². The van der Waals surface area contributed by atoms with Crippen molar-refractivity contribution in [2.45, 2.75) is 25.7 Å². The minimum atomic E-state index is -3.72. The highest BCUT2D eigenvalue weighted by Crippen LogP contribution is 2.33. The maximum absolute atomic E-state index is 13.0. The molecule has 0 aliphatic rings. The number of nitrogens with zero attached hydrogens (tertiary/aromatic N) is 1. The van der Waals surface area contributed by atoms with Gasteiger partial charge in [-0.1, -0.05) is 61.3 Å². The van der Waals surface area contributed by atoms with Crippen LogP contribution in [0.4, 0.5) is 5.69 Å². The summed E-state index contributed by atoms with van der Waals surface area (Å²) in [5.74, 6) is 0.431. The van der Waals surface area contributed by atoms with Gasteiger partial charge < -0.3 is 10.1 Å². The van der Waals surface area contributed by atoms with Crippen molar-refractivity contribution in [1.82, 2.24) is 4.31 Å². The lowest BCUT2D eigenvalue weighted by atomic mass is 10.2. The first-order chi connectivity index (χ1) is 16.2. The van der Waals surface area contributed by atoms with E-state index in [-0.39, 0.29) is 10.6 Å². The van der Waals surface area contributed by atoms with Gasteiger partial charge in [-0.2, -0.15) is 4.31 Å². The Morgan fingerprint density at radius 1 is 1.03 bits per heavy atom. The second-order valence-electron chi connectivity index (χ2n) is 7.51. The number of sulfonamides is 1. The van der Waals surface area contributed by atoms with Crippen LogP contribution in [0.15, 0.2) is 77.7 Å². The van der Waals surface area contributed by atoms with Crippen LogP contribution in [0.3, 0.4) is 0 Å². The van der Waals surface area contributed by atoms with E-state index < -0.39 is 15.9 Å². The summed E-state index contributed by atoms with van der Waals surface area (Å²) in [6.07, 6.45) is 2.93. The maximum Gasteiger partial charge on any atom is 0.248 e. The molecule has 3 aromatic carbocycles. The Morgan fingerprint density at radius 2 is 1.71 bits per heavy atom. The van der Waals surface area contributed by atoms with E-state index in [4.69, 9.17) is 16.3 Å². The molecule has 0 aromatic heterocycles. The number of carbonyl (C=O) groups is 1. The molecule has 0 aliphatic heterocycles. The third-order valence-electron chi connectivity index (χ3n) is 5.12. The Kier molecular flexibility index (Phi) is 8.50. The van der Waals surface area contributed by atoms with Crippen molar-refractivity contribution in [2.24, 2.45) is 0 Å². The van der Waals surface area contributed by atoms with Gasteiger partial charge in [0.25, 0.3) is 0 Å². The summed E-state index contributed by atoms with van der Waals surface area (Å²) in [4.78, 5) is 12.8. The van der Waals surface area contributed by atoms with Crippen LogP contribution in [0, 0.1) is 6.92 Å². The molecule has 6 nitrogen and oxygen atoms in total. The molecule has 0 unspecified atom stereocenters. The Bertz CT molecular complexity index is 1280. The highest BCUT2D eigenvalue weighted by atomic mass is 35.5. The zero-order valence-electron chi connectivity index (χ0n) is 19.3. The molecule has 0 heterocycles. The van der Waals surface area contributed by atoms with Crippen molar-refractivity contribution in [1.29, 1.82) is 0 Å². The number of ether oxygens (including phenoxy) is 1. The van der Waals surface area contributed by atoms with E-state index in [1.54, 1.807) is 56.3 Å². The van der Waals surface area contributed by atoms with Gasteiger partial charge in [0.15, 0.2) is 5.75 Å². The van der Waals surface area contributed by atoms with Crippen LogP contribution in [0.2, 0.25) is 5.02 Å². The van der Waals surface area contributed by atoms with Gasteiger partial charge >= 0.3 is 0 Å². The van der Waals surface area contributed by atoms with Crippen molar-refractivity contribution in [3.8, 4) is 11.5 Å². The topological polar surface area (TPSA) is 75.7 Å².